The van der Waals surface area contributed by atoms with Gasteiger partial charge < -0.3 is 14.5 Å². The lowest BCUT2D eigenvalue weighted by Gasteiger charge is -2.07. The van der Waals surface area contributed by atoms with E-state index in [4.69, 9.17) is 4.74 Å². The van der Waals surface area contributed by atoms with Gasteiger partial charge in [0.05, 0.1) is 12.2 Å². The van der Waals surface area contributed by atoms with Crippen LogP contribution in [0.15, 0.2) is 85.2 Å². The van der Waals surface area contributed by atoms with Crippen LogP contribution in [0.1, 0.15) is 21.6 Å². The smallest absolute Gasteiger partial charge is 0.251 e. The number of nitrogens with zero attached hydrogens (tertiary/aromatic N) is 2. The van der Waals surface area contributed by atoms with Gasteiger partial charge >= 0.3 is 0 Å². The van der Waals surface area contributed by atoms with Gasteiger partial charge in [-0.1, -0.05) is 36.4 Å². The van der Waals surface area contributed by atoms with Crippen molar-refractivity contribution in [1.82, 2.24) is 14.7 Å². The molecule has 0 atom stereocenters. The van der Waals surface area contributed by atoms with Gasteiger partial charge in [-0.25, -0.2) is 4.98 Å². The van der Waals surface area contributed by atoms with Gasteiger partial charge in [0.25, 0.3) is 5.91 Å². The Balaban J connectivity index is 1.33. The summed E-state index contributed by atoms with van der Waals surface area (Å²) in [5.41, 5.74) is 3.37. The zero-order chi connectivity index (χ0) is 18.5. The standard InChI is InChI=1S/C22H19N3O2/c26-22(23-14-19-15-25-13-5-4-8-21(25)24-19)18-9-11-20(12-10-18)27-16-17-6-2-1-3-7-17/h1-13,15H,14,16H2,(H,23,26). The number of ether oxygens (including phenoxy) is 1. The predicted molar refractivity (Wildman–Crippen MR) is 104 cm³/mol. The van der Waals surface area contributed by atoms with Crippen molar-refractivity contribution in [2.75, 3.05) is 0 Å². The van der Waals surface area contributed by atoms with Gasteiger partial charge in [0.2, 0.25) is 0 Å². The van der Waals surface area contributed by atoms with E-state index in [-0.39, 0.29) is 5.91 Å². The van der Waals surface area contributed by atoms with Gasteiger partial charge in [-0.3, -0.25) is 4.79 Å². The van der Waals surface area contributed by atoms with E-state index in [2.05, 4.69) is 10.3 Å². The number of hydrogen-bond acceptors (Lipinski definition) is 3. The van der Waals surface area contributed by atoms with Crippen LogP contribution in [-0.2, 0) is 13.2 Å². The molecule has 0 aliphatic rings. The highest BCUT2D eigenvalue weighted by Crippen LogP contribution is 2.14. The molecule has 2 heterocycles. The molecule has 1 N–H and O–H groups in total. The number of fused-ring (bicyclic) bond motifs is 1. The maximum atomic E-state index is 12.3. The van der Waals surface area contributed by atoms with Crippen LogP contribution in [0.2, 0.25) is 0 Å². The maximum Gasteiger partial charge on any atom is 0.251 e. The number of benzene rings is 2. The first kappa shape index (κ1) is 16.8. The molecule has 0 saturated carbocycles. The molecule has 1 amide bonds. The van der Waals surface area contributed by atoms with Crippen LogP contribution in [0.5, 0.6) is 5.75 Å². The van der Waals surface area contributed by atoms with Crippen molar-refractivity contribution in [2.45, 2.75) is 13.2 Å². The summed E-state index contributed by atoms with van der Waals surface area (Å²) in [5.74, 6) is 0.595. The monoisotopic (exact) mass is 357 g/mol. The van der Waals surface area contributed by atoms with Crippen molar-refractivity contribution < 1.29 is 9.53 Å². The summed E-state index contributed by atoms with van der Waals surface area (Å²) >= 11 is 0. The molecule has 5 heteroatoms. The molecule has 0 saturated heterocycles. The minimum atomic E-state index is -0.137. The highest BCUT2D eigenvalue weighted by atomic mass is 16.5. The van der Waals surface area contributed by atoms with E-state index in [1.807, 2.05) is 77.5 Å². The highest BCUT2D eigenvalue weighted by Gasteiger charge is 2.07. The SMILES string of the molecule is O=C(NCc1cn2ccccc2n1)c1ccc(OCc2ccccc2)cc1. The van der Waals surface area contributed by atoms with Gasteiger partial charge in [-0.2, -0.15) is 0 Å². The van der Waals surface area contributed by atoms with Crippen LogP contribution in [0, 0.1) is 0 Å². The molecule has 2 aromatic heterocycles. The second-order valence-electron chi connectivity index (χ2n) is 6.18. The molecule has 0 unspecified atom stereocenters. The Kier molecular flexibility index (Phi) is 4.83. The number of aromatic nitrogens is 2. The van der Waals surface area contributed by atoms with E-state index >= 15 is 0 Å². The molecule has 4 aromatic rings. The Hall–Kier alpha value is -3.60. The number of rotatable bonds is 6. The normalized spacial score (nSPS) is 10.7. The molecule has 4 rings (SSSR count). The van der Waals surface area contributed by atoms with E-state index in [1.54, 1.807) is 12.1 Å². The lowest BCUT2D eigenvalue weighted by atomic mass is 10.2. The van der Waals surface area contributed by atoms with Gasteiger partial charge in [0, 0.05) is 18.0 Å². The van der Waals surface area contributed by atoms with Crippen molar-refractivity contribution in [3.8, 4) is 5.75 Å². The first-order chi connectivity index (χ1) is 13.3. The van der Waals surface area contributed by atoms with Crippen LogP contribution < -0.4 is 10.1 Å². The largest absolute Gasteiger partial charge is 0.489 e. The summed E-state index contributed by atoms with van der Waals surface area (Å²) in [6.45, 7) is 0.882. The van der Waals surface area contributed by atoms with Gasteiger partial charge in [0.1, 0.15) is 18.0 Å². The van der Waals surface area contributed by atoms with Crippen LogP contribution >= 0.6 is 0 Å². The zero-order valence-electron chi connectivity index (χ0n) is 14.7. The first-order valence-electron chi connectivity index (χ1n) is 8.75. The summed E-state index contributed by atoms with van der Waals surface area (Å²) in [4.78, 5) is 16.8. The Morgan fingerprint density at radius 2 is 1.74 bits per heavy atom. The Morgan fingerprint density at radius 1 is 0.963 bits per heavy atom. The molecule has 27 heavy (non-hydrogen) atoms. The second kappa shape index (κ2) is 7.74. The topological polar surface area (TPSA) is 55.6 Å². The van der Waals surface area contributed by atoms with E-state index in [0.29, 0.717) is 18.7 Å². The molecule has 0 aliphatic carbocycles. The third-order valence-electron chi connectivity index (χ3n) is 4.21. The average Bonchev–Trinajstić information content (AvgIpc) is 3.15. The molecule has 0 bridgehead atoms. The molecule has 0 fully saturated rings. The van der Waals surface area contributed by atoms with Crippen molar-refractivity contribution in [2.24, 2.45) is 0 Å². The quantitative estimate of drug-likeness (QED) is 0.570. The number of carbonyl (C=O) groups is 1. The summed E-state index contributed by atoms with van der Waals surface area (Å²) in [6, 6.07) is 22.9. The van der Waals surface area contributed by atoms with Crippen molar-refractivity contribution in [3.63, 3.8) is 0 Å². The zero-order valence-corrected chi connectivity index (χ0v) is 14.7. The number of imidazole rings is 1. The average molecular weight is 357 g/mol. The molecule has 0 spiro atoms. The van der Waals surface area contributed by atoms with Crippen molar-refractivity contribution in [3.05, 3.63) is 102 Å². The summed E-state index contributed by atoms with van der Waals surface area (Å²) in [7, 11) is 0. The van der Waals surface area contributed by atoms with Crippen LogP contribution in [0.4, 0.5) is 0 Å². The predicted octanol–water partition coefficient (Wildman–Crippen LogP) is 3.84. The van der Waals surface area contributed by atoms with Gasteiger partial charge in [-0.05, 0) is 42.0 Å². The van der Waals surface area contributed by atoms with Gasteiger partial charge in [0.15, 0.2) is 0 Å². The molecule has 2 aromatic carbocycles. The number of carbonyl (C=O) groups excluding carboxylic acids is 1. The lowest BCUT2D eigenvalue weighted by molar-refractivity contribution is 0.0950. The molecule has 0 radical (unpaired) electrons. The lowest BCUT2D eigenvalue weighted by Crippen LogP contribution is -2.22. The van der Waals surface area contributed by atoms with Crippen molar-refractivity contribution >= 4 is 11.6 Å². The molecular weight excluding hydrogens is 338 g/mol. The van der Waals surface area contributed by atoms with Crippen LogP contribution in [0.25, 0.3) is 5.65 Å². The summed E-state index contributed by atoms with van der Waals surface area (Å²) in [6.07, 6.45) is 3.85. The summed E-state index contributed by atoms with van der Waals surface area (Å²) in [5, 5.41) is 2.90. The Bertz CT molecular complexity index is 1010. The minimum Gasteiger partial charge on any atom is -0.489 e. The van der Waals surface area contributed by atoms with Crippen molar-refractivity contribution in [1.29, 1.82) is 0 Å². The molecular formula is C22H19N3O2. The molecule has 0 aliphatic heterocycles. The van der Waals surface area contributed by atoms with E-state index in [9.17, 15) is 4.79 Å². The van der Waals surface area contributed by atoms with E-state index in [1.165, 1.54) is 0 Å². The molecule has 5 nitrogen and oxygen atoms in total. The van der Waals surface area contributed by atoms with Crippen LogP contribution in [0.3, 0.4) is 0 Å². The fourth-order valence-corrected chi connectivity index (χ4v) is 2.79. The Labute approximate surface area is 157 Å². The fourth-order valence-electron chi connectivity index (χ4n) is 2.79. The number of pyridine rings is 1. The Morgan fingerprint density at radius 3 is 2.52 bits per heavy atom. The van der Waals surface area contributed by atoms with E-state index in [0.717, 1.165) is 22.7 Å². The maximum absolute atomic E-state index is 12.3. The third-order valence-corrected chi connectivity index (χ3v) is 4.21. The highest BCUT2D eigenvalue weighted by molar-refractivity contribution is 5.94. The third kappa shape index (κ3) is 4.15. The van der Waals surface area contributed by atoms with Gasteiger partial charge in [-0.15, -0.1) is 0 Å². The number of amides is 1. The number of nitrogens with one attached hydrogen (secondary N) is 1. The first-order valence-corrected chi connectivity index (χ1v) is 8.75. The van der Waals surface area contributed by atoms with E-state index < -0.39 is 0 Å². The number of hydrogen-bond donors (Lipinski definition) is 1. The summed E-state index contributed by atoms with van der Waals surface area (Å²) < 4.78 is 7.68. The molecule has 134 valence electrons. The second-order valence-corrected chi connectivity index (χ2v) is 6.18. The fraction of sp³-hybridized carbons (Fsp3) is 0.0909. The van der Waals surface area contributed by atoms with Crippen LogP contribution in [-0.4, -0.2) is 15.3 Å². The minimum absolute atomic E-state index is 0.137.